The van der Waals surface area contributed by atoms with Crippen LogP contribution in [0.15, 0.2) is 23.4 Å². The average molecular weight is 296 g/mol. The normalized spacial score (nSPS) is 11.4. The Labute approximate surface area is 122 Å². The maximum absolute atomic E-state index is 10.9. The number of nitrogens with two attached hydrogens (primary N) is 1. The van der Waals surface area contributed by atoms with E-state index in [4.69, 9.17) is 16.0 Å². The summed E-state index contributed by atoms with van der Waals surface area (Å²) >= 11 is 0. The van der Waals surface area contributed by atoms with Crippen LogP contribution in [-0.2, 0) is 0 Å². The highest BCUT2D eigenvalue weighted by Gasteiger charge is 2.18. The number of unbranched alkanes of at least 4 members (excludes halogenated alkanes) is 1. The molecule has 4 N–H and O–H groups in total. The molecule has 116 valence electrons. The van der Waals surface area contributed by atoms with Crippen molar-refractivity contribution in [2.45, 2.75) is 19.8 Å². The predicted octanol–water partition coefficient (Wildman–Crippen LogP) is 1.29. The SMILES string of the molecule is CCCCN(CCO)c1ccc([N+](=O)[O-])cc1C(N)=NO. The number of nitro groups is 1. The lowest BCUT2D eigenvalue weighted by Gasteiger charge is -2.25. The lowest BCUT2D eigenvalue weighted by Crippen LogP contribution is -2.30. The molecule has 0 unspecified atom stereocenters. The minimum Gasteiger partial charge on any atom is -0.409 e. The molecule has 0 heterocycles. The van der Waals surface area contributed by atoms with Gasteiger partial charge < -0.3 is 20.9 Å². The predicted molar refractivity (Wildman–Crippen MR) is 79.8 cm³/mol. The van der Waals surface area contributed by atoms with Gasteiger partial charge in [0.15, 0.2) is 5.84 Å². The topological polar surface area (TPSA) is 125 Å². The summed E-state index contributed by atoms with van der Waals surface area (Å²) in [5, 5.41) is 31.8. The zero-order chi connectivity index (χ0) is 15.8. The van der Waals surface area contributed by atoms with Crippen LogP contribution in [0.25, 0.3) is 0 Å². The monoisotopic (exact) mass is 296 g/mol. The van der Waals surface area contributed by atoms with Crippen LogP contribution in [0, 0.1) is 10.1 Å². The molecule has 0 saturated carbocycles. The second-order valence-electron chi connectivity index (χ2n) is 4.51. The van der Waals surface area contributed by atoms with Gasteiger partial charge in [-0.05, 0) is 12.5 Å². The lowest BCUT2D eigenvalue weighted by atomic mass is 10.1. The third kappa shape index (κ3) is 4.32. The van der Waals surface area contributed by atoms with Crippen LogP contribution in [-0.4, -0.2) is 40.8 Å². The van der Waals surface area contributed by atoms with E-state index in [0.717, 1.165) is 12.8 Å². The summed E-state index contributed by atoms with van der Waals surface area (Å²) in [6, 6.07) is 4.18. The summed E-state index contributed by atoms with van der Waals surface area (Å²) in [6.07, 6.45) is 1.86. The lowest BCUT2D eigenvalue weighted by molar-refractivity contribution is -0.384. The molecule has 0 aliphatic rings. The standard InChI is InChI=1S/C13H20N4O4/c1-2-3-6-16(7-8-18)12-5-4-10(17(20)21)9-11(12)13(14)15-19/h4-5,9,18-19H,2-3,6-8H2,1H3,(H2,14,15). The molecule has 0 amide bonds. The van der Waals surface area contributed by atoms with Crippen molar-refractivity contribution >= 4 is 17.2 Å². The minimum atomic E-state index is -0.541. The fourth-order valence-electron chi connectivity index (χ4n) is 1.99. The van der Waals surface area contributed by atoms with Crippen molar-refractivity contribution in [2.24, 2.45) is 10.9 Å². The van der Waals surface area contributed by atoms with Crippen molar-refractivity contribution in [1.29, 1.82) is 0 Å². The van der Waals surface area contributed by atoms with Crippen LogP contribution in [0.3, 0.4) is 0 Å². The molecule has 0 aliphatic carbocycles. The Kier molecular flexibility index (Phi) is 6.41. The highest BCUT2D eigenvalue weighted by atomic mass is 16.6. The third-order valence-corrected chi connectivity index (χ3v) is 3.07. The number of oxime groups is 1. The number of rotatable bonds is 8. The minimum absolute atomic E-state index is 0.0592. The summed E-state index contributed by atoms with van der Waals surface area (Å²) in [7, 11) is 0. The van der Waals surface area contributed by atoms with Crippen molar-refractivity contribution in [3.05, 3.63) is 33.9 Å². The number of nitrogens with zero attached hydrogens (tertiary/aromatic N) is 3. The maximum Gasteiger partial charge on any atom is 0.270 e. The zero-order valence-corrected chi connectivity index (χ0v) is 11.9. The molecule has 1 aromatic rings. The van der Waals surface area contributed by atoms with Crippen LogP contribution in [0.1, 0.15) is 25.3 Å². The molecule has 0 bridgehead atoms. The number of aliphatic hydroxyl groups is 1. The molecule has 0 atom stereocenters. The third-order valence-electron chi connectivity index (χ3n) is 3.07. The number of non-ortho nitro benzene ring substituents is 1. The van der Waals surface area contributed by atoms with E-state index < -0.39 is 4.92 Å². The highest BCUT2D eigenvalue weighted by Crippen LogP contribution is 2.25. The Morgan fingerprint density at radius 1 is 1.48 bits per heavy atom. The van der Waals surface area contributed by atoms with Gasteiger partial charge in [0, 0.05) is 30.9 Å². The summed E-state index contributed by atoms with van der Waals surface area (Å²) in [4.78, 5) is 12.2. The molecule has 8 heteroatoms. The van der Waals surface area contributed by atoms with E-state index in [1.807, 2.05) is 11.8 Å². The van der Waals surface area contributed by atoms with Gasteiger partial charge in [-0.15, -0.1) is 0 Å². The van der Waals surface area contributed by atoms with Crippen molar-refractivity contribution in [3.8, 4) is 0 Å². The second-order valence-corrected chi connectivity index (χ2v) is 4.51. The van der Waals surface area contributed by atoms with Gasteiger partial charge in [0.1, 0.15) is 0 Å². The molecular formula is C13H20N4O4. The van der Waals surface area contributed by atoms with Gasteiger partial charge in [-0.1, -0.05) is 18.5 Å². The fourth-order valence-corrected chi connectivity index (χ4v) is 1.99. The van der Waals surface area contributed by atoms with Gasteiger partial charge >= 0.3 is 0 Å². The number of anilines is 1. The number of amidine groups is 1. The van der Waals surface area contributed by atoms with Crippen molar-refractivity contribution in [2.75, 3.05) is 24.6 Å². The molecule has 21 heavy (non-hydrogen) atoms. The van der Waals surface area contributed by atoms with Crippen LogP contribution in [0.5, 0.6) is 0 Å². The summed E-state index contributed by atoms with van der Waals surface area (Å²) in [6.45, 7) is 3.01. The average Bonchev–Trinajstić information content (AvgIpc) is 2.50. The second kappa shape index (κ2) is 8.05. The van der Waals surface area contributed by atoms with E-state index in [1.165, 1.54) is 12.1 Å². The van der Waals surface area contributed by atoms with Crippen molar-refractivity contribution < 1.29 is 15.2 Å². The molecule has 1 aromatic carbocycles. The van der Waals surface area contributed by atoms with Crippen LogP contribution < -0.4 is 10.6 Å². The van der Waals surface area contributed by atoms with E-state index in [2.05, 4.69) is 5.16 Å². The molecule has 0 saturated heterocycles. The van der Waals surface area contributed by atoms with E-state index in [0.29, 0.717) is 18.8 Å². The van der Waals surface area contributed by atoms with Crippen LogP contribution in [0.4, 0.5) is 11.4 Å². The first-order valence-electron chi connectivity index (χ1n) is 6.67. The zero-order valence-electron chi connectivity index (χ0n) is 11.9. The molecule has 0 fully saturated rings. The number of nitro benzene ring substituents is 1. The van der Waals surface area contributed by atoms with Crippen LogP contribution in [0.2, 0.25) is 0 Å². The number of hydrogen-bond acceptors (Lipinski definition) is 6. The highest BCUT2D eigenvalue weighted by molar-refractivity contribution is 6.02. The molecule has 0 aromatic heterocycles. The largest absolute Gasteiger partial charge is 0.409 e. The molecule has 0 radical (unpaired) electrons. The Morgan fingerprint density at radius 2 is 2.19 bits per heavy atom. The fraction of sp³-hybridized carbons (Fsp3) is 0.462. The first-order valence-corrected chi connectivity index (χ1v) is 6.67. The first-order chi connectivity index (χ1) is 10.0. The number of hydrogen-bond donors (Lipinski definition) is 3. The van der Waals surface area contributed by atoms with E-state index in [-0.39, 0.29) is 23.7 Å². The molecular weight excluding hydrogens is 276 g/mol. The van der Waals surface area contributed by atoms with Gasteiger partial charge in [-0.3, -0.25) is 10.1 Å². The Bertz CT molecular complexity index is 519. The van der Waals surface area contributed by atoms with Gasteiger partial charge in [0.25, 0.3) is 5.69 Å². The Morgan fingerprint density at radius 3 is 2.71 bits per heavy atom. The van der Waals surface area contributed by atoms with Gasteiger partial charge in [0.05, 0.1) is 17.1 Å². The van der Waals surface area contributed by atoms with E-state index >= 15 is 0 Å². The molecule has 0 spiro atoms. The number of benzene rings is 1. The Balaban J connectivity index is 3.27. The maximum atomic E-state index is 10.9. The van der Waals surface area contributed by atoms with Gasteiger partial charge in [-0.25, -0.2) is 0 Å². The van der Waals surface area contributed by atoms with Gasteiger partial charge in [-0.2, -0.15) is 0 Å². The smallest absolute Gasteiger partial charge is 0.270 e. The quantitative estimate of drug-likeness (QED) is 0.218. The van der Waals surface area contributed by atoms with Crippen molar-refractivity contribution in [1.82, 2.24) is 0 Å². The van der Waals surface area contributed by atoms with Crippen LogP contribution >= 0.6 is 0 Å². The molecule has 8 nitrogen and oxygen atoms in total. The van der Waals surface area contributed by atoms with Crippen molar-refractivity contribution in [3.63, 3.8) is 0 Å². The van der Waals surface area contributed by atoms with E-state index in [1.54, 1.807) is 6.07 Å². The number of aliphatic hydroxyl groups excluding tert-OH is 1. The summed E-state index contributed by atoms with van der Waals surface area (Å²) in [5.74, 6) is -0.201. The van der Waals surface area contributed by atoms with E-state index in [9.17, 15) is 10.1 Å². The Hall–Kier alpha value is -2.35. The summed E-state index contributed by atoms with van der Waals surface area (Å²) in [5.41, 5.74) is 6.35. The summed E-state index contributed by atoms with van der Waals surface area (Å²) < 4.78 is 0. The molecule has 0 aliphatic heterocycles. The first kappa shape index (κ1) is 16.7. The molecule has 1 rings (SSSR count). The van der Waals surface area contributed by atoms with Gasteiger partial charge in [0.2, 0.25) is 0 Å².